The van der Waals surface area contributed by atoms with Crippen molar-refractivity contribution in [3.63, 3.8) is 0 Å². The number of hydrazone groups is 1. The highest BCUT2D eigenvalue weighted by Crippen LogP contribution is 2.33. The number of nitrogens with zero attached hydrogens (tertiary/aromatic N) is 3. The fraction of sp³-hybridized carbons (Fsp3) is 0.179. The van der Waals surface area contributed by atoms with Crippen molar-refractivity contribution >= 4 is 50.3 Å². The number of pyridine rings is 1. The molecule has 4 rings (SSSR count). The standard InChI is InChI=1S/C28H27ClN4O5S/c1-18-5-10-23(11-6-18)39(35,36)33(25-13-19(2)7-12-26(25)38-4)17-27(34)32-30-16-21-14-20-8-9-22(37-3)15-24(20)31-28(21)29/h5-16H,17H2,1-4H3,(H,32,34)/b30-16-. The molecule has 0 aliphatic heterocycles. The van der Waals surface area contributed by atoms with Gasteiger partial charge in [0.05, 0.1) is 36.5 Å². The van der Waals surface area contributed by atoms with Crippen LogP contribution < -0.4 is 19.2 Å². The average molecular weight is 567 g/mol. The van der Waals surface area contributed by atoms with E-state index in [0.717, 1.165) is 20.8 Å². The Kier molecular flexibility index (Phi) is 8.37. The molecule has 1 amide bonds. The summed E-state index contributed by atoms with van der Waals surface area (Å²) in [4.78, 5) is 17.4. The summed E-state index contributed by atoms with van der Waals surface area (Å²) in [6.45, 7) is 3.13. The van der Waals surface area contributed by atoms with Gasteiger partial charge in [0, 0.05) is 17.0 Å². The first-order valence-corrected chi connectivity index (χ1v) is 13.6. The number of amides is 1. The maximum atomic E-state index is 13.7. The molecule has 9 nitrogen and oxygen atoms in total. The lowest BCUT2D eigenvalue weighted by molar-refractivity contribution is -0.119. The van der Waals surface area contributed by atoms with E-state index in [-0.39, 0.29) is 15.7 Å². The summed E-state index contributed by atoms with van der Waals surface area (Å²) < 4.78 is 39.0. The van der Waals surface area contributed by atoms with E-state index in [0.29, 0.717) is 22.6 Å². The third kappa shape index (κ3) is 6.30. The highest BCUT2D eigenvalue weighted by atomic mass is 35.5. The molecule has 4 aromatic rings. The summed E-state index contributed by atoms with van der Waals surface area (Å²) in [6.07, 6.45) is 1.35. The molecule has 1 aromatic heterocycles. The quantitative estimate of drug-likeness (QED) is 0.176. The van der Waals surface area contributed by atoms with Gasteiger partial charge in [0.1, 0.15) is 23.2 Å². The van der Waals surface area contributed by atoms with Crippen molar-refractivity contribution in [2.75, 3.05) is 25.1 Å². The maximum Gasteiger partial charge on any atom is 0.264 e. The second kappa shape index (κ2) is 11.7. The van der Waals surface area contributed by atoms with Crippen LogP contribution in [0.1, 0.15) is 16.7 Å². The average Bonchev–Trinajstić information content (AvgIpc) is 2.91. The number of carbonyl (C=O) groups is 1. The third-order valence-electron chi connectivity index (χ3n) is 5.90. The fourth-order valence-corrected chi connectivity index (χ4v) is 5.45. The molecule has 0 atom stereocenters. The molecular formula is C28H27ClN4O5S. The second-order valence-electron chi connectivity index (χ2n) is 8.72. The van der Waals surface area contributed by atoms with E-state index in [1.54, 1.807) is 55.6 Å². The zero-order valence-corrected chi connectivity index (χ0v) is 23.4. The Morgan fingerprint density at radius 3 is 2.41 bits per heavy atom. The van der Waals surface area contributed by atoms with E-state index >= 15 is 0 Å². The fourth-order valence-electron chi connectivity index (χ4n) is 3.83. The number of sulfonamides is 1. The topological polar surface area (TPSA) is 110 Å². The molecule has 0 saturated carbocycles. The highest BCUT2D eigenvalue weighted by Gasteiger charge is 2.29. The number of carbonyl (C=O) groups excluding carboxylic acids is 1. The van der Waals surface area contributed by atoms with Crippen molar-refractivity contribution in [2.24, 2.45) is 5.10 Å². The summed E-state index contributed by atoms with van der Waals surface area (Å²) in [5.41, 5.74) is 5.43. The molecule has 39 heavy (non-hydrogen) atoms. The summed E-state index contributed by atoms with van der Waals surface area (Å²) in [7, 11) is -1.13. The minimum absolute atomic E-state index is 0.0404. The van der Waals surface area contributed by atoms with Crippen LogP contribution in [0.3, 0.4) is 0 Å². The van der Waals surface area contributed by atoms with Crippen LogP contribution >= 0.6 is 11.6 Å². The number of rotatable bonds is 9. The number of hydrogen-bond donors (Lipinski definition) is 1. The lowest BCUT2D eigenvalue weighted by Crippen LogP contribution is -2.39. The molecule has 0 aliphatic carbocycles. The van der Waals surface area contributed by atoms with Gasteiger partial charge < -0.3 is 9.47 Å². The van der Waals surface area contributed by atoms with Gasteiger partial charge in [0.2, 0.25) is 0 Å². The number of hydrogen-bond acceptors (Lipinski definition) is 7. The minimum atomic E-state index is -4.13. The van der Waals surface area contributed by atoms with E-state index < -0.39 is 22.5 Å². The first kappa shape index (κ1) is 27.9. The third-order valence-corrected chi connectivity index (χ3v) is 7.97. The number of nitrogens with one attached hydrogen (secondary N) is 1. The molecule has 0 bridgehead atoms. The van der Waals surface area contributed by atoms with Gasteiger partial charge in [0.15, 0.2) is 0 Å². The van der Waals surface area contributed by atoms with E-state index in [1.807, 2.05) is 19.9 Å². The number of anilines is 1. The Bertz CT molecular complexity index is 1660. The minimum Gasteiger partial charge on any atom is -0.497 e. The monoisotopic (exact) mass is 566 g/mol. The van der Waals surface area contributed by atoms with E-state index in [9.17, 15) is 13.2 Å². The zero-order valence-electron chi connectivity index (χ0n) is 21.8. The van der Waals surface area contributed by atoms with Gasteiger partial charge in [-0.15, -0.1) is 0 Å². The predicted octanol–water partition coefficient (Wildman–Crippen LogP) is 4.87. The van der Waals surface area contributed by atoms with Gasteiger partial charge in [-0.25, -0.2) is 18.8 Å². The van der Waals surface area contributed by atoms with Crippen molar-refractivity contribution in [2.45, 2.75) is 18.7 Å². The first-order chi connectivity index (χ1) is 18.6. The number of halogens is 1. The van der Waals surface area contributed by atoms with Crippen LogP contribution in [0, 0.1) is 13.8 Å². The highest BCUT2D eigenvalue weighted by molar-refractivity contribution is 7.92. The first-order valence-electron chi connectivity index (χ1n) is 11.8. The summed E-state index contributed by atoms with van der Waals surface area (Å²) >= 11 is 6.31. The molecular weight excluding hydrogens is 540 g/mol. The number of methoxy groups -OCH3 is 2. The number of fused-ring (bicyclic) bond motifs is 1. The van der Waals surface area contributed by atoms with Crippen LogP contribution in [0.15, 0.2) is 76.7 Å². The number of aryl methyl sites for hydroxylation is 2. The van der Waals surface area contributed by atoms with Crippen molar-refractivity contribution < 1.29 is 22.7 Å². The molecule has 0 radical (unpaired) electrons. The van der Waals surface area contributed by atoms with Crippen LogP contribution in [0.5, 0.6) is 11.5 Å². The molecule has 0 aliphatic rings. The van der Waals surface area contributed by atoms with Crippen LogP contribution in [0.25, 0.3) is 10.9 Å². The SMILES string of the molecule is COc1ccc2cc(/C=N\NC(=O)CN(c3cc(C)ccc3OC)S(=O)(=O)c3ccc(C)cc3)c(Cl)nc2c1. The molecule has 3 aromatic carbocycles. The Labute approximate surface area is 232 Å². The normalized spacial score (nSPS) is 11.5. The lowest BCUT2D eigenvalue weighted by atomic mass is 10.1. The van der Waals surface area contributed by atoms with Crippen molar-refractivity contribution in [1.29, 1.82) is 0 Å². The van der Waals surface area contributed by atoms with Gasteiger partial charge in [-0.2, -0.15) is 5.10 Å². The van der Waals surface area contributed by atoms with Gasteiger partial charge in [-0.3, -0.25) is 9.10 Å². The van der Waals surface area contributed by atoms with E-state index in [1.165, 1.54) is 25.5 Å². The largest absolute Gasteiger partial charge is 0.497 e. The van der Waals surface area contributed by atoms with Crippen molar-refractivity contribution in [3.8, 4) is 11.5 Å². The van der Waals surface area contributed by atoms with Gasteiger partial charge >= 0.3 is 0 Å². The maximum absolute atomic E-state index is 13.7. The number of ether oxygens (including phenoxy) is 2. The Morgan fingerprint density at radius 1 is 1.00 bits per heavy atom. The van der Waals surface area contributed by atoms with Crippen LogP contribution in [-0.4, -0.2) is 46.3 Å². The molecule has 0 unspecified atom stereocenters. The van der Waals surface area contributed by atoms with Crippen LogP contribution in [-0.2, 0) is 14.8 Å². The molecule has 0 fully saturated rings. The van der Waals surface area contributed by atoms with Gasteiger partial charge in [-0.05, 0) is 61.9 Å². The molecule has 202 valence electrons. The van der Waals surface area contributed by atoms with E-state index in [4.69, 9.17) is 21.1 Å². The summed E-state index contributed by atoms with van der Waals surface area (Å²) in [5, 5.41) is 4.97. The predicted molar refractivity (Wildman–Crippen MR) is 152 cm³/mol. The molecule has 1 heterocycles. The smallest absolute Gasteiger partial charge is 0.264 e. The van der Waals surface area contributed by atoms with Gasteiger partial charge in [0.25, 0.3) is 15.9 Å². The summed E-state index contributed by atoms with van der Waals surface area (Å²) in [6, 6.07) is 18.6. The number of aromatic nitrogens is 1. The molecule has 1 N–H and O–H groups in total. The Morgan fingerprint density at radius 2 is 1.72 bits per heavy atom. The molecule has 0 spiro atoms. The molecule has 0 saturated heterocycles. The summed E-state index contributed by atoms with van der Waals surface area (Å²) in [5.74, 6) is 0.286. The van der Waals surface area contributed by atoms with Crippen LogP contribution in [0.4, 0.5) is 5.69 Å². The Balaban J connectivity index is 1.61. The van der Waals surface area contributed by atoms with E-state index in [2.05, 4.69) is 15.5 Å². The Hall–Kier alpha value is -4.15. The zero-order chi connectivity index (χ0) is 28.2. The van der Waals surface area contributed by atoms with Crippen LogP contribution in [0.2, 0.25) is 5.15 Å². The van der Waals surface area contributed by atoms with Crippen molar-refractivity contribution in [1.82, 2.24) is 10.4 Å². The lowest BCUT2D eigenvalue weighted by Gasteiger charge is -2.25. The van der Waals surface area contributed by atoms with Crippen molar-refractivity contribution in [3.05, 3.63) is 88.6 Å². The molecule has 11 heteroatoms. The van der Waals surface area contributed by atoms with Gasteiger partial charge in [-0.1, -0.05) is 35.4 Å². The number of benzene rings is 3. The second-order valence-corrected chi connectivity index (χ2v) is 10.9.